The Labute approximate surface area is 131 Å². The van der Waals surface area contributed by atoms with Crippen LogP contribution in [0.5, 0.6) is 5.75 Å². The summed E-state index contributed by atoms with van der Waals surface area (Å²) in [7, 11) is 1.56. The van der Waals surface area contributed by atoms with Gasteiger partial charge in [0.25, 0.3) is 0 Å². The lowest BCUT2D eigenvalue weighted by atomic mass is 10.2. The van der Waals surface area contributed by atoms with E-state index in [1.165, 1.54) is 11.8 Å². The summed E-state index contributed by atoms with van der Waals surface area (Å²) in [5.41, 5.74) is 1.25. The lowest BCUT2D eigenvalue weighted by Crippen LogP contribution is -1.89. The smallest absolute Gasteiger partial charge is 0.244 e. The van der Waals surface area contributed by atoms with E-state index in [0.717, 1.165) is 27.5 Å². The standard InChI is InChI=1S/C14H12ClNO2S2/c1-3-6-19-14-16-11(13(17)20-14)8-9-4-5-12(18-2)10(15)7-9/h3-5,7-8H,1,6H2,2H3. The van der Waals surface area contributed by atoms with Crippen LogP contribution in [0.4, 0.5) is 0 Å². The topological polar surface area (TPSA) is 38.7 Å². The minimum absolute atomic E-state index is 0.0523. The normalized spacial score (nSPS) is 16.4. The predicted octanol–water partition coefficient (Wildman–Crippen LogP) is 4.24. The molecular formula is C14H12ClNO2S2. The molecule has 0 saturated heterocycles. The number of thioether (sulfide) groups is 2. The molecule has 0 aromatic heterocycles. The van der Waals surface area contributed by atoms with Crippen LogP contribution in [0.2, 0.25) is 5.02 Å². The Morgan fingerprint density at radius 3 is 3.00 bits per heavy atom. The van der Waals surface area contributed by atoms with E-state index in [1.807, 2.05) is 6.07 Å². The van der Waals surface area contributed by atoms with Crippen molar-refractivity contribution in [1.29, 1.82) is 0 Å². The molecule has 1 aromatic rings. The second-order valence-corrected chi connectivity index (χ2v) is 6.43. The Hall–Kier alpha value is -1.17. The fourth-order valence-corrected chi connectivity index (χ4v) is 3.38. The van der Waals surface area contributed by atoms with Gasteiger partial charge in [0.15, 0.2) is 0 Å². The molecule has 3 nitrogen and oxygen atoms in total. The molecule has 0 aliphatic carbocycles. The van der Waals surface area contributed by atoms with Crippen LogP contribution in [0.1, 0.15) is 5.56 Å². The summed E-state index contributed by atoms with van der Waals surface area (Å²) in [6.45, 7) is 3.64. The zero-order valence-electron chi connectivity index (χ0n) is 10.8. The van der Waals surface area contributed by atoms with E-state index in [-0.39, 0.29) is 5.12 Å². The molecule has 0 bridgehead atoms. The number of aliphatic imine (C=N–C) groups is 1. The number of carbonyl (C=O) groups excluding carboxylic acids is 1. The van der Waals surface area contributed by atoms with Crippen molar-refractivity contribution in [2.45, 2.75) is 0 Å². The summed E-state index contributed by atoms with van der Waals surface area (Å²) in [4.78, 5) is 16.1. The fraction of sp³-hybridized carbons (Fsp3) is 0.143. The predicted molar refractivity (Wildman–Crippen MR) is 88.7 cm³/mol. The maximum absolute atomic E-state index is 11.8. The molecule has 2 rings (SSSR count). The molecule has 1 aliphatic rings. The van der Waals surface area contributed by atoms with Crippen LogP contribution >= 0.6 is 35.1 Å². The third-order valence-corrected chi connectivity index (χ3v) is 4.70. The average molecular weight is 326 g/mol. The molecule has 6 heteroatoms. The molecule has 1 aromatic carbocycles. The lowest BCUT2D eigenvalue weighted by molar-refractivity contribution is -0.107. The first-order valence-electron chi connectivity index (χ1n) is 5.74. The minimum Gasteiger partial charge on any atom is -0.495 e. The molecule has 0 N–H and O–H groups in total. The summed E-state index contributed by atoms with van der Waals surface area (Å²) in [5.74, 6) is 1.34. The van der Waals surface area contributed by atoms with Crippen molar-refractivity contribution in [2.75, 3.05) is 12.9 Å². The molecule has 0 radical (unpaired) electrons. The van der Waals surface area contributed by atoms with E-state index in [0.29, 0.717) is 16.5 Å². The first kappa shape index (κ1) is 15.2. The van der Waals surface area contributed by atoms with Crippen molar-refractivity contribution >= 4 is 50.7 Å². The van der Waals surface area contributed by atoms with Gasteiger partial charge in [0.05, 0.1) is 12.1 Å². The first-order chi connectivity index (χ1) is 9.63. The zero-order chi connectivity index (χ0) is 14.5. The summed E-state index contributed by atoms with van der Waals surface area (Å²) in [5, 5.41) is 0.452. The SMILES string of the molecule is C=CCSC1=NC(=Cc2ccc(OC)c(Cl)c2)C(=O)S1. The van der Waals surface area contributed by atoms with Gasteiger partial charge in [-0.1, -0.05) is 35.5 Å². The van der Waals surface area contributed by atoms with E-state index in [1.54, 1.807) is 31.4 Å². The van der Waals surface area contributed by atoms with E-state index < -0.39 is 0 Å². The number of nitrogens with zero attached hydrogens (tertiary/aromatic N) is 1. The molecule has 1 heterocycles. The number of ether oxygens (including phenoxy) is 1. The molecule has 0 spiro atoms. The highest BCUT2D eigenvalue weighted by atomic mass is 35.5. The van der Waals surface area contributed by atoms with E-state index in [4.69, 9.17) is 16.3 Å². The second kappa shape index (κ2) is 7.02. The summed E-state index contributed by atoms with van der Waals surface area (Å²) < 4.78 is 5.84. The van der Waals surface area contributed by atoms with Crippen molar-refractivity contribution in [3.05, 3.63) is 47.1 Å². The van der Waals surface area contributed by atoms with Crippen LogP contribution in [-0.4, -0.2) is 22.4 Å². The lowest BCUT2D eigenvalue weighted by Gasteiger charge is -2.03. The molecule has 0 unspecified atom stereocenters. The average Bonchev–Trinajstić information content (AvgIpc) is 2.77. The summed E-state index contributed by atoms with van der Waals surface area (Å²) in [6.07, 6.45) is 3.51. The van der Waals surface area contributed by atoms with Gasteiger partial charge in [-0.2, -0.15) is 0 Å². The second-order valence-electron chi connectivity index (χ2n) is 3.79. The Balaban J connectivity index is 2.21. The number of carbonyl (C=O) groups is 1. The third-order valence-electron chi connectivity index (χ3n) is 2.40. The van der Waals surface area contributed by atoms with Crippen molar-refractivity contribution in [2.24, 2.45) is 4.99 Å². The van der Waals surface area contributed by atoms with E-state index in [9.17, 15) is 4.79 Å². The maximum atomic E-state index is 11.8. The van der Waals surface area contributed by atoms with Crippen LogP contribution in [0.25, 0.3) is 6.08 Å². The highest BCUT2D eigenvalue weighted by Gasteiger charge is 2.22. The van der Waals surface area contributed by atoms with E-state index >= 15 is 0 Å². The van der Waals surface area contributed by atoms with Gasteiger partial charge in [0.2, 0.25) is 5.12 Å². The number of methoxy groups -OCH3 is 1. The van der Waals surface area contributed by atoms with Crippen LogP contribution < -0.4 is 4.74 Å². The molecule has 0 saturated carbocycles. The molecule has 0 amide bonds. The largest absolute Gasteiger partial charge is 0.495 e. The Kier molecular flexibility index (Phi) is 5.34. The van der Waals surface area contributed by atoms with Crippen molar-refractivity contribution in [3.8, 4) is 5.75 Å². The van der Waals surface area contributed by atoms with Gasteiger partial charge < -0.3 is 4.74 Å². The Morgan fingerprint density at radius 2 is 2.35 bits per heavy atom. The van der Waals surface area contributed by atoms with Crippen molar-refractivity contribution < 1.29 is 9.53 Å². The minimum atomic E-state index is -0.0523. The molecule has 0 atom stereocenters. The maximum Gasteiger partial charge on any atom is 0.244 e. The van der Waals surface area contributed by atoms with Crippen LogP contribution in [0.3, 0.4) is 0 Å². The molecule has 104 valence electrons. The zero-order valence-corrected chi connectivity index (χ0v) is 13.1. The van der Waals surface area contributed by atoms with Gasteiger partial charge in [-0.15, -0.1) is 6.58 Å². The Bertz CT molecular complexity index is 611. The Morgan fingerprint density at radius 1 is 1.55 bits per heavy atom. The van der Waals surface area contributed by atoms with Crippen LogP contribution in [0.15, 0.2) is 41.5 Å². The van der Waals surface area contributed by atoms with Gasteiger partial charge in [0, 0.05) is 5.75 Å². The van der Waals surface area contributed by atoms with Gasteiger partial charge in [0.1, 0.15) is 15.8 Å². The van der Waals surface area contributed by atoms with Gasteiger partial charge >= 0.3 is 0 Å². The van der Waals surface area contributed by atoms with Gasteiger partial charge in [-0.25, -0.2) is 4.99 Å². The fourth-order valence-electron chi connectivity index (χ4n) is 1.51. The first-order valence-corrected chi connectivity index (χ1v) is 7.92. The third kappa shape index (κ3) is 3.69. The molecule has 0 fully saturated rings. The number of halogens is 1. The molecule has 1 aliphatic heterocycles. The van der Waals surface area contributed by atoms with Crippen molar-refractivity contribution in [1.82, 2.24) is 0 Å². The van der Waals surface area contributed by atoms with Crippen LogP contribution in [0, 0.1) is 0 Å². The highest BCUT2D eigenvalue weighted by molar-refractivity contribution is 8.45. The molecule has 20 heavy (non-hydrogen) atoms. The highest BCUT2D eigenvalue weighted by Crippen LogP contribution is 2.32. The number of hydrogen-bond acceptors (Lipinski definition) is 5. The summed E-state index contributed by atoms with van der Waals surface area (Å²) >= 11 is 8.70. The van der Waals surface area contributed by atoms with Gasteiger partial charge in [-0.3, -0.25) is 4.79 Å². The van der Waals surface area contributed by atoms with Gasteiger partial charge in [-0.05, 0) is 35.5 Å². The van der Waals surface area contributed by atoms with Crippen LogP contribution in [-0.2, 0) is 4.79 Å². The monoisotopic (exact) mass is 325 g/mol. The number of benzene rings is 1. The number of hydrogen-bond donors (Lipinski definition) is 0. The summed E-state index contributed by atoms with van der Waals surface area (Å²) in [6, 6.07) is 5.34. The van der Waals surface area contributed by atoms with Crippen molar-refractivity contribution in [3.63, 3.8) is 0 Å². The quantitative estimate of drug-likeness (QED) is 0.613. The number of rotatable bonds is 4. The molecular weight excluding hydrogens is 314 g/mol. The van der Waals surface area contributed by atoms with E-state index in [2.05, 4.69) is 11.6 Å².